The standard InChI is InChI=1S/C19H18N2O4/c22-15(13-6-2-1-3-7-13)12-21-17(23)19(20-18(21)24)10-11-25-16-9-5-4-8-14(16)19/h1-9,15,22H,10-12H2,(H,20,24)/t15-,19+/m0/s1. The Morgan fingerprint density at radius 2 is 1.84 bits per heavy atom. The third kappa shape index (κ3) is 2.46. The molecular formula is C19H18N2O4. The molecule has 2 aliphatic rings. The van der Waals surface area contributed by atoms with Crippen LogP contribution in [0.5, 0.6) is 5.75 Å². The summed E-state index contributed by atoms with van der Waals surface area (Å²) in [6.07, 6.45) is -0.562. The van der Waals surface area contributed by atoms with Gasteiger partial charge in [0.15, 0.2) is 5.54 Å². The fraction of sp³-hybridized carbons (Fsp3) is 0.263. The average molecular weight is 338 g/mol. The SMILES string of the molecule is O=C1N[C@@]2(CCOc3ccccc32)C(=O)N1C[C@H](O)c1ccccc1. The third-order valence-electron chi connectivity index (χ3n) is 4.80. The van der Waals surface area contributed by atoms with Crippen molar-refractivity contribution in [3.05, 3.63) is 65.7 Å². The molecule has 1 spiro atoms. The molecule has 0 aliphatic carbocycles. The predicted octanol–water partition coefficient (Wildman–Crippen LogP) is 1.95. The summed E-state index contributed by atoms with van der Waals surface area (Å²) < 4.78 is 5.61. The normalized spacial score (nSPS) is 23.2. The van der Waals surface area contributed by atoms with E-state index >= 15 is 0 Å². The van der Waals surface area contributed by atoms with Crippen LogP contribution in [0, 0.1) is 0 Å². The van der Waals surface area contributed by atoms with Crippen molar-refractivity contribution < 1.29 is 19.4 Å². The van der Waals surface area contributed by atoms with Crippen molar-refractivity contribution in [3.63, 3.8) is 0 Å². The molecule has 2 aromatic rings. The van der Waals surface area contributed by atoms with E-state index in [2.05, 4.69) is 5.32 Å². The number of carbonyl (C=O) groups excluding carboxylic acids is 2. The maximum absolute atomic E-state index is 13.1. The van der Waals surface area contributed by atoms with Crippen LogP contribution in [0.2, 0.25) is 0 Å². The summed E-state index contributed by atoms with van der Waals surface area (Å²) in [6.45, 7) is 0.261. The third-order valence-corrected chi connectivity index (χ3v) is 4.80. The number of nitrogens with zero attached hydrogens (tertiary/aromatic N) is 1. The summed E-state index contributed by atoms with van der Waals surface area (Å²) in [4.78, 5) is 26.7. The molecular weight excluding hydrogens is 320 g/mol. The number of fused-ring (bicyclic) bond motifs is 2. The van der Waals surface area contributed by atoms with Crippen LogP contribution in [0.4, 0.5) is 4.79 Å². The Morgan fingerprint density at radius 1 is 1.12 bits per heavy atom. The Hall–Kier alpha value is -2.86. The first-order valence-electron chi connectivity index (χ1n) is 8.21. The van der Waals surface area contributed by atoms with Gasteiger partial charge in [-0.25, -0.2) is 4.79 Å². The molecule has 3 amide bonds. The van der Waals surface area contributed by atoms with Gasteiger partial charge in [0.2, 0.25) is 0 Å². The predicted molar refractivity (Wildman–Crippen MR) is 89.9 cm³/mol. The van der Waals surface area contributed by atoms with E-state index in [-0.39, 0.29) is 12.5 Å². The van der Waals surface area contributed by atoms with Crippen LogP contribution in [0.3, 0.4) is 0 Å². The van der Waals surface area contributed by atoms with Gasteiger partial charge in [-0.15, -0.1) is 0 Å². The van der Waals surface area contributed by atoms with Crippen molar-refractivity contribution in [2.75, 3.05) is 13.2 Å². The van der Waals surface area contributed by atoms with Crippen molar-refractivity contribution in [2.24, 2.45) is 0 Å². The van der Waals surface area contributed by atoms with E-state index in [1.165, 1.54) is 0 Å². The number of aliphatic hydroxyl groups excluding tert-OH is 1. The zero-order valence-corrected chi connectivity index (χ0v) is 13.5. The molecule has 0 saturated carbocycles. The second-order valence-electron chi connectivity index (χ2n) is 6.27. The van der Waals surface area contributed by atoms with Crippen LogP contribution in [0.25, 0.3) is 0 Å². The number of para-hydroxylation sites is 1. The molecule has 2 aromatic carbocycles. The topological polar surface area (TPSA) is 78.9 Å². The zero-order chi connectivity index (χ0) is 17.4. The number of benzene rings is 2. The number of nitrogens with one attached hydrogen (secondary N) is 1. The summed E-state index contributed by atoms with van der Waals surface area (Å²) in [5, 5.41) is 13.2. The van der Waals surface area contributed by atoms with E-state index in [4.69, 9.17) is 4.74 Å². The minimum Gasteiger partial charge on any atom is -0.493 e. The van der Waals surface area contributed by atoms with E-state index in [9.17, 15) is 14.7 Å². The van der Waals surface area contributed by atoms with Crippen LogP contribution in [-0.4, -0.2) is 35.1 Å². The molecule has 128 valence electrons. The largest absolute Gasteiger partial charge is 0.493 e. The molecule has 6 nitrogen and oxygen atoms in total. The number of ether oxygens (including phenoxy) is 1. The lowest BCUT2D eigenvalue weighted by Gasteiger charge is -2.33. The number of hydrogen-bond donors (Lipinski definition) is 2. The summed E-state index contributed by atoms with van der Waals surface area (Å²) >= 11 is 0. The highest BCUT2D eigenvalue weighted by atomic mass is 16.5. The van der Waals surface area contributed by atoms with Gasteiger partial charge in [0, 0.05) is 12.0 Å². The second-order valence-corrected chi connectivity index (χ2v) is 6.27. The average Bonchev–Trinajstić information content (AvgIpc) is 2.88. The fourth-order valence-electron chi connectivity index (χ4n) is 3.49. The van der Waals surface area contributed by atoms with Crippen molar-refractivity contribution in [2.45, 2.75) is 18.1 Å². The van der Waals surface area contributed by atoms with E-state index in [0.717, 1.165) is 4.90 Å². The highest BCUT2D eigenvalue weighted by Gasteiger charge is 2.55. The van der Waals surface area contributed by atoms with Crippen LogP contribution in [0.15, 0.2) is 54.6 Å². The Balaban J connectivity index is 1.63. The lowest BCUT2D eigenvalue weighted by atomic mass is 9.84. The quantitative estimate of drug-likeness (QED) is 0.839. The van der Waals surface area contributed by atoms with E-state index in [0.29, 0.717) is 29.9 Å². The minimum atomic E-state index is -1.11. The molecule has 4 rings (SSSR count). The van der Waals surface area contributed by atoms with Crippen LogP contribution >= 0.6 is 0 Å². The van der Waals surface area contributed by atoms with Gasteiger partial charge in [0.1, 0.15) is 5.75 Å². The zero-order valence-electron chi connectivity index (χ0n) is 13.5. The number of imide groups is 1. The summed E-state index contributed by atoms with van der Waals surface area (Å²) in [7, 11) is 0. The first-order valence-corrected chi connectivity index (χ1v) is 8.21. The van der Waals surface area contributed by atoms with Gasteiger partial charge in [0.05, 0.1) is 19.3 Å². The summed E-state index contributed by atoms with van der Waals surface area (Å²) in [5.41, 5.74) is 0.218. The van der Waals surface area contributed by atoms with Crippen molar-refractivity contribution in [3.8, 4) is 5.75 Å². The summed E-state index contributed by atoms with van der Waals surface area (Å²) in [5.74, 6) is 0.260. The monoisotopic (exact) mass is 338 g/mol. The molecule has 2 N–H and O–H groups in total. The van der Waals surface area contributed by atoms with Gasteiger partial charge >= 0.3 is 6.03 Å². The second kappa shape index (κ2) is 5.89. The molecule has 2 heterocycles. The first-order chi connectivity index (χ1) is 12.1. The maximum atomic E-state index is 13.1. The van der Waals surface area contributed by atoms with Crippen molar-refractivity contribution in [1.29, 1.82) is 0 Å². The Labute approximate surface area is 145 Å². The number of carbonyl (C=O) groups is 2. The van der Waals surface area contributed by atoms with Gasteiger partial charge in [-0.2, -0.15) is 0 Å². The van der Waals surface area contributed by atoms with Crippen LogP contribution in [0.1, 0.15) is 23.7 Å². The van der Waals surface area contributed by atoms with Gasteiger partial charge in [-0.1, -0.05) is 48.5 Å². The number of hydrogen-bond acceptors (Lipinski definition) is 4. The molecule has 0 radical (unpaired) electrons. The number of urea groups is 1. The molecule has 0 aromatic heterocycles. The Morgan fingerprint density at radius 3 is 2.64 bits per heavy atom. The highest BCUT2D eigenvalue weighted by molar-refractivity contribution is 6.08. The highest BCUT2D eigenvalue weighted by Crippen LogP contribution is 2.41. The molecule has 0 bridgehead atoms. The maximum Gasteiger partial charge on any atom is 0.325 e. The number of β-amino-alcohol motifs (C(OH)–C–C–N with tert-alkyl or cyclic N) is 1. The number of aliphatic hydroxyl groups is 1. The van der Waals surface area contributed by atoms with Gasteiger partial charge in [0.25, 0.3) is 5.91 Å². The number of amides is 3. The fourth-order valence-corrected chi connectivity index (χ4v) is 3.49. The number of rotatable bonds is 3. The Bertz CT molecular complexity index is 823. The Kier molecular flexibility index (Phi) is 3.69. The van der Waals surface area contributed by atoms with E-state index in [1.54, 1.807) is 36.4 Å². The molecule has 1 saturated heterocycles. The lowest BCUT2D eigenvalue weighted by Crippen LogP contribution is -2.47. The van der Waals surface area contributed by atoms with Crippen LogP contribution < -0.4 is 10.1 Å². The van der Waals surface area contributed by atoms with Gasteiger partial charge in [-0.05, 0) is 11.6 Å². The minimum absolute atomic E-state index is 0.0839. The molecule has 25 heavy (non-hydrogen) atoms. The van der Waals surface area contributed by atoms with Gasteiger partial charge in [-0.3, -0.25) is 9.69 Å². The van der Waals surface area contributed by atoms with E-state index < -0.39 is 17.7 Å². The van der Waals surface area contributed by atoms with Gasteiger partial charge < -0.3 is 15.2 Å². The van der Waals surface area contributed by atoms with Crippen LogP contribution in [-0.2, 0) is 10.3 Å². The molecule has 0 unspecified atom stereocenters. The first kappa shape index (κ1) is 15.7. The molecule has 1 fully saturated rings. The lowest BCUT2D eigenvalue weighted by molar-refractivity contribution is -0.133. The molecule has 2 atom stereocenters. The molecule has 2 aliphatic heterocycles. The van der Waals surface area contributed by atoms with Crippen molar-refractivity contribution in [1.82, 2.24) is 10.2 Å². The molecule has 6 heteroatoms. The summed E-state index contributed by atoms with van der Waals surface area (Å²) in [6, 6.07) is 15.7. The van der Waals surface area contributed by atoms with Crippen molar-refractivity contribution >= 4 is 11.9 Å². The smallest absolute Gasteiger partial charge is 0.325 e. The van der Waals surface area contributed by atoms with E-state index in [1.807, 2.05) is 18.2 Å².